The van der Waals surface area contributed by atoms with Crippen LogP contribution in [0.4, 0.5) is 0 Å². The van der Waals surface area contributed by atoms with E-state index in [1.54, 1.807) is 6.92 Å². The predicted molar refractivity (Wildman–Crippen MR) is 90.1 cm³/mol. The van der Waals surface area contributed by atoms with Crippen LogP contribution >= 0.6 is 0 Å². The average molecular weight is 335 g/mol. The number of likely N-dealkylation sites (tertiary alicyclic amines) is 2. The second-order valence-electron chi connectivity index (χ2n) is 7.51. The van der Waals surface area contributed by atoms with Crippen molar-refractivity contribution in [2.75, 3.05) is 26.2 Å². The smallest absolute Gasteiger partial charge is 0.244 e. The van der Waals surface area contributed by atoms with E-state index < -0.39 is 6.04 Å². The molecule has 2 atom stereocenters. The second-order valence-corrected chi connectivity index (χ2v) is 7.51. The van der Waals surface area contributed by atoms with Crippen molar-refractivity contribution in [1.82, 2.24) is 15.1 Å². The molecule has 3 amide bonds. The van der Waals surface area contributed by atoms with Crippen LogP contribution in [-0.4, -0.2) is 59.7 Å². The van der Waals surface area contributed by atoms with Gasteiger partial charge in [0.2, 0.25) is 17.7 Å². The van der Waals surface area contributed by atoms with E-state index in [0.29, 0.717) is 6.54 Å². The largest absolute Gasteiger partial charge is 0.344 e. The fraction of sp³-hybridized carbons (Fsp3) is 0.833. The van der Waals surface area contributed by atoms with Crippen molar-refractivity contribution in [2.45, 2.75) is 57.9 Å². The van der Waals surface area contributed by atoms with Crippen LogP contribution in [0.5, 0.6) is 0 Å². The molecule has 1 N–H and O–H groups in total. The quantitative estimate of drug-likeness (QED) is 0.838. The Kier molecular flexibility index (Phi) is 5.41. The molecule has 6 heteroatoms. The second kappa shape index (κ2) is 7.53. The molecule has 0 aromatic rings. The first-order chi connectivity index (χ1) is 11.6. The van der Waals surface area contributed by atoms with Crippen LogP contribution in [-0.2, 0) is 14.4 Å². The summed E-state index contributed by atoms with van der Waals surface area (Å²) >= 11 is 0. The van der Waals surface area contributed by atoms with Gasteiger partial charge in [0.25, 0.3) is 0 Å². The molecule has 2 heterocycles. The number of rotatable bonds is 4. The van der Waals surface area contributed by atoms with Crippen molar-refractivity contribution in [1.29, 1.82) is 0 Å². The topological polar surface area (TPSA) is 69.7 Å². The molecule has 0 unspecified atom stereocenters. The third-order valence-corrected chi connectivity index (χ3v) is 5.43. The Labute approximate surface area is 143 Å². The monoisotopic (exact) mass is 335 g/mol. The van der Waals surface area contributed by atoms with E-state index in [1.807, 2.05) is 9.80 Å². The maximum absolute atomic E-state index is 12.5. The molecule has 2 aliphatic heterocycles. The first-order valence-corrected chi connectivity index (χ1v) is 9.44. The lowest BCUT2D eigenvalue weighted by Crippen LogP contribution is -2.52. The van der Waals surface area contributed by atoms with Crippen molar-refractivity contribution in [3.05, 3.63) is 0 Å². The molecule has 0 radical (unpaired) electrons. The van der Waals surface area contributed by atoms with Crippen LogP contribution in [0.3, 0.4) is 0 Å². The fourth-order valence-electron chi connectivity index (χ4n) is 3.76. The third-order valence-electron chi connectivity index (χ3n) is 5.43. The minimum absolute atomic E-state index is 0.0183. The van der Waals surface area contributed by atoms with Gasteiger partial charge in [-0.2, -0.15) is 0 Å². The molecular formula is C18H29N3O3. The zero-order chi connectivity index (χ0) is 17.1. The number of carbonyl (C=O) groups is 3. The Morgan fingerprint density at radius 1 is 0.875 bits per heavy atom. The normalized spacial score (nSPS) is 26.0. The summed E-state index contributed by atoms with van der Waals surface area (Å²) in [6.07, 6.45) is 6.93. The van der Waals surface area contributed by atoms with Crippen molar-refractivity contribution < 1.29 is 14.4 Å². The van der Waals surface area contributed by atoms with Gasteiger partial charge in [-0.05, 0) is 51.9 Å². The van der Waals surface area contributed by atoms with E-state index in [0.717, 1.165) is 58.2 Å². The summed E-state index contributed by atoms with van der Waals surface area (Å²) in [5, 5.41) is 2.88. The highest BCUT2D eigenvalue weighted by Gasteiger charge is 2.37. The summed E-state index contributed by atoms with van der Waals surface area (Å²) in [7, 11) is 0. The van der Waals surface area contributed by atoms with Gasteiger partial charge in [0.1, 0.15) is 6.04 Å². The van der Waals surface area contributed by atoms with Crippen molar-refractivity contribution >= 4 is 17.7 Å². The number of piperidine rings is 2. The molecule has 3 fully saturated rings. The number of carbonyl (C=O) groups excluding carboxylic acids is 3. The van der Waals surface area contributed by atoms with Gasteiger partial charge >= 0.3 is 0 Å². The minimum Gasteiger partial charge on any atom is -0.344 e. The minimum atomic E-state index is -0.481. The molecule has 0 aromatic carbocycles. The summed E-state index contributed by atoms with van der Waals surface area (Å²) in [6, 6.07) is -0.481. The Morgan fingerprint density at radius 2 is 1.54 bits per heavy atom. The van der Waals surface area contributed by atoms with Crippen molar-refractivity contribution in [3.63, 3.8) is 0 Å². The molecular weight excluding hydrogens is 306 g/mol. The van der Waals surface area contributed by atoms with Gasteiger partial charge in [-0.25, -0.2) is 0 Å². The summed E-state index contributed by atoms with van der Waals surface area (Å²) in [6.45, 7) is 4.64. The highest BCUT2D eigenvalue weighted by Crippen LogP contribution is 2.32. The number of nitrogens with one attached hydrogen (secondary N) is 1. The van der Waals surface area contributed by atoms with Gasteiger partial charge in [-0.1, -0.05) is 0 Å². The lowest BCUT2D eigenvalue weighted by molar-refractivity contribution is -0.140. The van der Waals surface area contributed by atoms with E-state index in [4.69, 9.17) is 0 Å². The SMILES string of the molecule is C[C@@H](NC(=O)[C@@H]1CCCN(C(=O)C2CC2)C1)C(=O)N1CCCCC1. The lowest BCUT2D eigenvalue weighted by atomic mass is 9.96. The average Bonchev–Trinajstić information content (AvgIpc) is 3.46. The molecule has 3 aliphatic rings. The van der Waals surface area contributed by atoms with Crippen LogP contribution in [0.2, 0.25) is 0 Å². The van der Waals surface area contributed by atoms with Crippen molar-refractivity contribution in [2.24, 2.45) is 11.8 Å². The zero-order valence-corrected chi connectivity index (χ0v) is 14.6. The molecule has 0 bridgehead atoms. The van der Waals surface area contributed by atoms with Gasteiger partial charge in [0.05, 0.1) is 5.92 Å². The zero-order valence-electron chi connectivity index (χ0n) is 14.6. The molecule has 6 nitrogen and oxygen atoms in total. The lowest BCUT2D eigenvalue weighted by Gasteiger charge is -2.33. The Morgan fingerprint density at radius 3 is 2.21 bits per heavy atom. The summed E-state index contributed by atoms with van der Waals surface area (Å²) in [5.41, 5.74) is 0. The maximum Gasteiger partial charge on any atom is 0.244 e. The highest BCUT2D eigenvalue weighted by molar-refractivity contribution is 5.89. The van der Waals surface area contributed by atoms with E-state index >= 15 is 0 Å². The first-order valence-electron chi connectivity index (χ1n) is 9.44. The number of hydrogen-bond acceptors (Lipinski definition) is 3. The molecule has 134 valence electrons. The van der Waals surface area contributed by atoms with Crippen molar-refractivity contribution in [3.8, 4) is 0 Å². The van der Waals surface area contributed by atoms with Crippen LogP contribution < -0.4 is 5.32 Å². The van der Waals surface area contributed by atoms with Gasteiger partial charge in [0.15, 0.2) is 0 Å². The molecule has 1 aliphatic carbocycles. The Balaban J connectivity index is 1.49. The van der Waals surface area contributed by atoms with Crippen LogP contribution in [0.1, 0.15) is 51.9 Å². The van der Waals surface area contributed by atoms with Gasteiger partial charge < -0.3 is 15.1 Å². The molecule has 0 aromatic heterocycles. The summed E-state index contributed by atoms with van der Waals surface area (Å²) in [5.74, 6) is 0.167. The van der Waals surface area contributed by atoms with Gasteiger partial charge in [-0.15, -0.1) is 0 Å². The maximum atomic E-state index is 12.5. The molecule has 24 heavy (non-hydrogen) atoms. The summed E-state index contributed by atoms with van der Waals surface area (Å²) < 4.78 is 0. The first kappa shape index (κ1) is 17.2. The highest BCUT2D eigenvalue weighted by atomic mass is 16.2. The standard InChI is InChI=1S/C18H29N3O3/c1-13(17(23)20-9-3-2-4-10-20)19-16(22)15-6-5-11-21(12-15)18(24)14-7-8-14/h13-15H,2-12H2,1H3,(H,19,22)/t13-,15-/m1/s1. The van der Waals surface area contributed by atoms with Crippen LogP contribution in [0.25, 0.3) is 0 Å². The Hall–Kier alpha value is -1.59. The molecule has 3 rings (SSSR count). The number of hydrogen-bond donors (Lipinski definition) is 1. The summed E-state index contributed by atoms with van der Waals surface area (Å²) in [4.78, 5) is 40.9. The number of amides is 3. The van der Waals surface area contributed by atoms with E-state index in [9.17, 15) is 14.4 Å². The third kappa shape index (κ3) is 4.08. The van der Waals surface area contributed by atoms with Crippen LogP contribution in [0.15, 0.2) is 0 Å². The van der Waals surface area contributed by atoms with Crippen LogP contribution in [0, 0.1) is 11.8 Å². The fourth-order valence-corrected chi connectivity index (χ4v) is 3.76. The van der Waals surface area contributed by atoms with E-state index in [2.05, 4.69) is 5.32 Å². The van der Waals surface area contributed by atoms with E-state index in [1.165, 1.54) is 6.42 Å². The molecule has 2 saturated heterocycles. The molecule has 1 saturated carbocycles. The predicted octanol–water partition coefficient (Wildman–Crippen LogP) is 1.15. The van der Waals surface area contributed by atoms with Gasteiger partial charge in [0, 0.05) is 32.1 Å². The molecule has 0 spiro atoms. The van der Waals surface area contributed by atoms with Gasteiger partial charge in [-0.3, -0.25) is 14.4 Å². The number of nitrogens with zero attached hydrogens (tertiary/aromatic N) is 2. The van der Waals surface area contributed by atoms with E-state index in [-0.39, 0.29) is 29.6 Å². The Bertz CT molecular complexity index is 498.